The molecule has 9 heteroatoms. The molecule has 2 aromatic heterocycles. The quantitative estimate of drug-likeness (QED) is 0.434. The van der Waals surface area contributed by atoms with Crippen LogP contribution in [0, 0.1) is 6.92 Å². The van der Waals surface area contributed by atoms with Gasteiger partial charge < -0.3 is 24.8 Å². The molecule has 2 N–H and O–H groups in total. The molecule has 1 unspecified atom stereocenters. The predicted molar refractivity (Wildman–Crippen MR) is 125 cm³/mol. The van der Waals surface area contributed by atoms with Crippen molar-refractivity contribution in [3.8, 4) is 5.75 Å². The molecule has 0 spiro atoms. The molecule has 3 aromatic rings. The lowest BCUT2D eigenvalue weighted by Gasteiger charge is -2.20. The standard InChI is InChI=1S/C23H30N8O/c1-17-28-29-22(30(17)2)15-26-23(25-14-18-7-9-20(32-3)10-8-18)27-19-11-13-31(16-19)21-6-4-5-12-24-21/h4-10,12,19H,11,13-16H2,1-3H3,(H2,25,26,27). The van der Waals surface area contributed by atoms with Gasteiger partial charge in [0, 0.05) is 32.4 Å². The number of ether oxygens (including phenoxy) is 1. The van der Waals surface area contributed by atoms with Gasteiger partial charge in [-0.2, -0.15) is 0 Å². The number of methoxy groups -OCH3 is 1. The second-order valence-electron chi connectivity index (χ2n) is 7.85. The number of nitrogens with zero attached hydrogens (tertiary/aromatic N) is 6. The fourth-order valence-corrected chi connectivity index (χ4v) is 3.64. The third-order valence-electron chi connectivity index (χ3n) is 5.68. The summed E-state index contributed by atoms with van der Waals surface area (Å²) in [7, 11) is 3.64. The van der Waals surface area contributed by atoms with Crippen LogP contribution in [0.1, 0.15) is 23.6 Å². The van der Waals surface area contributed by atoms with Gasteiger partial charge in [0.05, 0.1) is 20.2 Å². The summed E-state index contributed by atoms with van der Waals surface area (Å²) in [6, 6.07) is 14.3. The minimum atomic E-state index is 0.278. The summed E-state index contributed by atoms with van der Waals surface area (Å²) in [4.78, 5) is 11.6. The summed E-state index contributed by atoms with van der Waals surface area (Å²) < 4.78 is 7.22. The first-order valence-electron chi connectivity index (χ1n) is 10.8. The van der Waals surface area contributed by atoms with E-state index in [4.69, 9.17) is 9.73 Å². The number of aliphatic imine (C=N–C) groups is 1. The molecule has 1 saturated heterocycles. The number of aryl methyl sites for hydroxylation is 1. The summed E-state index contributed by atoms with van der Waals surface area (Å²) in [5.74, 6) is 4.36. The van der Waals surface area contributed by atoms with Gasteiger partial charge >= 0.3 is 0 Å². The first-order valence-corrected chi connectivity index (χ1v) is 10.8. The second-order valence-corrected chi connectivity index (χ2v) is 7.85. The Balaban J connectivity index is 1.43. The molecule has 1 aliphatic rings. The van der Waals surface area contributed by atoms with Gasteiger partial charge in [0.25, 0.3) is 0 Å². The van der Waals surface area contributed by atoms with E-state index in [1.165, 1.54) is 0 Å². The SMILES string of the molecule is COc1ccc(CN=C(NCc2nnc(C)n2C)NC2CCN(c3ccccn3)C2)cc1. The molecule has 1 aromatic carbocycles. The van der Waals surface area contributed by atoms with Gasteiger partial charge in [-0.05, 0) is 43.2 Å². The highest BCUT2D eigenvalue weighted by molar-refractivity contribution is 5.80. The lowest BCUT2D eigenvalue weighted by Crippen LogP contribution is -2.44. The first kappa shape index (κ1) is 21.6. The average molecular weight is 435 g/mol. The van der Waals surface area contributed by atoms with Crippen molar-refractivity contribution in [1.29, 1.82) is 0 Å². The van der Waals surface area contributed by atoms with Crippen LogP contribution in [-0.2, 0) is 20.1 Å². The number of rotatable bonds is 7. The van der Waals surface area contributed by atoms with Crippen LogP contribution in [-0.4, -0.2) is 51.9 Å². The van der Waals surface area contributed by atoms with Crippen LogP contribution < -0.4 is 20.3 Å². The van der Waals surface area contributed by atoms with Crippen LogP contribution in [0.25, 0.3) is 0 Å². The third kappa shape index (κ3) is 5.35. The zero-order valence-electron chi connectivity index (χ0n) is 18.8. The van der Waals surface area contributed by atoms with Crippen LogP contribution in [0.3, 0.4) is 0 Å². The first-order chi connectivity index (χ1) is 15.6. The summed E-state index contributed by atoms with van der Waals surface area (Å²) in [6.45, 7) is 4.89. The van der Waals surface area contributed by atoms with E-state index in [9.17, 15) is 0 Å². The Morgan fingerprint density at radius 2 is 2.03 bits per heavy atom. The number of guanidine groups is 1. The Morgan fingerprint density at radius 3 is 2.72 bits per heavy atom. The molecule has 0 radical (unpaired) electrons. The van der Waals surface area contributed by atoms with Crippen LogP contribution >= 0.6 is 0 Å². The molecular formula is C23H30N8O. The van der Waals surface area contributed by atoms with E-state index in [1.807, 2.05) is 61.1 Å². The highest BCUT2D eigenvalue weighted by Crippen LogP contribution is 2.17. The van der Waals surface area contributed by atoms with Crippen molar-refractivity contribution in [3.63, 3.8) is 0 Å². The van der Waals surface area contributed by atoms with Crippen molar-refractivity contribution in [2.45, 2.75) is 32.5 Å². The third-order valence-corrected chi connectivity index (χ3v) is 5.68. The maximum Gasteiger partial charge on any atom is 0.192 e. The van der Waals surface area contributed by atoms with Crippen molar-refractivity contribution in [2.24, 2.45) is 12.0 Å². The van der Waals surface area contributed by atoms with Crippen molar-refractivity contribution in [1.82, 2.24) is 30.4 Å². The van der Waals surface area contributed by atoms with Gasteiger partial charge in [0.15, 0.2) is 11.8 Å². The minimum absolute atomic E-state index is 0.278. The fourth-order valence-electron chi connectivity index (χ4n) is 3.64. The molecule has 0 bridgehead atoms. The zero-order chi connectivity index (χ0) is 22.3. The summed E-state index contributed by atoms with van der Waals surface area (Å²) >= 11 is 0. The van der Waals surface area contributed by atoms with Crippen LogP contribution in [0.4, 0.5) is 5.82 Å². The summed E-state index contributed by atoms with van der Waals surface area (Å²) in [5.41, 5.74) is 1.11. The number of hydrogen-bond donors (Lipinski definition) is 2. The molecular weight excluding hydrogens is 404 g/mol. The van der Waals surface area contributed by atoms with Gasteiger partial charge in [-0.15, -0.1) is 10.2 Å². The monoisotopic (exact) mass is 434 g/mol. The second kappa shape index (κ2) is 10.1. The Hall–Kier alpha value is -3.62. The number of benzene rings is 1. The molecule has 1 fully saturated rings. The molecule has 4 rings (SSSR count). The molecule has 0 aliphatic carbocycles. The van der Waals surface area contributed by atoms with Crippen LogP contribution in [0.2, 0.25) is 0 Å². The van der Waals surface area contributed by atoms with Crippen molar-refractivity contribution >= 4 is 11.8 Å². The fraction of sp³-hybridized carbons (Fsp3) is 0.391. The molecule has 32 heavy (non-hydrogen) atoms. The van der Waals surface area contributed by atoms with E-state index in [1.54, 1.807) is 7.11 Å². The lowest BCUT2D eigenvalue weighted by atomic mass is 10.2. The molecule has 0 amide bonds. The zero-order valence-corrected chi connectivity index (χ0v) is 18.8. The molecule has 1 atom stereocenters. The molecule has 1 aliphatic heterocycles. The van der Waals surface area contributed by atoms with Crippen molar-refractivity contribution in [3.05, 3.63) is 65.9 Å². The molecule has 9 nitrogen and oxygen atoms in total. The normalized spacial score (nSPS) is 16.3. The number of hydrogen-bond acceptors (Lipinski definition) is 6. The average Bonchev–Trinajstić information content (AvgIpc) is 3.43. The number of pyridine rings is 1. The Kier molecular flexibility index (Phi) is 6.84. The van der Waals surface area contributed by atoms with E-state index in [2.05, 4.69) is 36.8 Å². The van der Waals surface area contributed by atoms with Gasteiger partial charge in [0.1, 0.15) is 17.4 Å². The summed E-state index contributed by atoms with van der Waals surface area (Å²) in [5, 5.41) is 15.4. The Morgan fingerprint density at radius 1 is 1.19 bits per heavy atom. The van der Waals surface area contributed by atoms with E-state index in [0.717, 1.165) is 54.2 Å². The van der Waals surface area contributed by atoms with Crippen LogP contribution in [0.5, 0.6) is 5.75 Å². The van der Waals surface area contributed by atoms with Gasteiger partial charge in [-0.25, -0.2) is 9.98 Å². The minimum Gasteiger partial charge on any atom is -0.497 e. The van der Waals surface area contributed by atoms with Gasteiger partial charge in [-0.1, -0.05) is 18.2 Å². The molecule has 3 heterocycles. The number of aromatic nitrogens is 4. The molecule has 0 saturated carbocycles. The predicted octanol–water partition coefficient (Wildman–Crippen LogP) is 2.04. The molecule has 168 valence electrons. The Labute approximate surface area is 188 Å². The van der Waals surface area contributed by atoms with E-state index < -0.39 is 0 Å². The number of anilines is 1. The lowest BCUT2D eigenvalue weighted by molar-refractivity contribution is 0.414. The van der Waals surface area contributed by atoms with Gasteiger partial charge in [-0.3, -0.25) is 0 Å². The largest absolute Gasteiger partial charge is 0.497 e. The van der Waals surface area contributed by atoms with E-state index in [-0.39, 0.29) is 6.04 Å². The number of nitrogens with one attached hydrogen (secondary N) is 2. The maximum atomic E-state index is 5.25. The van der Waals surface area contributed by atoms with E-state index in [0.29, 0.717) is 13.1 Å². The maximum absolute atomic E-state index is 5.25. The van der Waals surface area contributed by atoms with E-state index >= 15 is 0 Å². The van der Waals surface area contributed by atoms with Gasteiger partial charge in [0.2, 0.25) is 0 Å². The van der Waals surface area contributed by atoms with Crippen LogP contribution in [0.15, 0.2) is 53.7 Å². The topological polar surface area (TPSA) is 92.5 Å². The smallest absolute Gasteiger partial charge is 0.192 e. The Bertz CT molecular complexity index is 1030. The summed E-state index contributed by atoms with van der Waals surface area (Å²) in [6.07, 6.45) is 2.85. The van der Waals surface area contributed by atoms with Crippen molar-refractivity contribution < 1.29 is 4.74 Å². The highest BCUT2D eigenvalue weighted by Gasteiger charge is 2.24. The highest BCUT2D eigenvalue weighted by atomic mass is 16.5. The van der Waals surface area contributed by atoms with Crippen molar-refractivity contribution in [2.75, 3.05) is 25.1 Å².